The van der Waals surface area contributed by atoms with Crippen LogP contribution in [0, 0.1) is 24.6 Å². The van der Waals surface area contributed by atoms with Crippen LogP contribution in [-0.2, 0) is 14.3 Å². The van der Waals surface area contributed by atoms with Crippen molar-refractivity contribution < 1.29 is 23.8 Å². The number of benzene rings is 1. The SMILES string of the molecule is CN1CC(=O)NCC(=O)NCCCC2CCCCC2OCCNC(C2CC2)C1=C1CC1.CS.Cc1ccc(O)c(F)c1. The van der Waals surface area contributed by atoms with E-state index in [2.05, 4.69) is 33.5 Å². The summed E-state index contributed by atoms with van der Waals surface area (Å²) in [4.78, 5) is 26.7. The summed E-state index contributed by atoms with van der Waals surface area (Å²) in [6.07, 6.45) is 13.8. The van der Waals surface area contributed by atoms with Crippen molar-refractivity contribution >= 4 is 24.4 Å². The Morgan fingerprint density at radius 1 is 0.952 bits per heavy atom. The number of likely N-dealkylation sites (N-methyl/N-ethyl adjacent to an activating group) is 1. The summed E-state index contributed by atoms with van der Waals surface area (Å²) in [6.45, 7) is 4.38. The Labute approximate surface area is 256 Å². The van der Waals surface area contributed by atoms with E-state index in [1.165, 1.54) is 55.5 Å². The highest BCUT2D eigenvalue weighted by molar-refractivity contribution is 7.79. The van der Waals surface area contributed by atoms with Crippen LogP contribution in [0.25, 0.3) is 0 Å². The maximum atomic E-state index is 12.5. The van der Waals surface area contributed by atoms with Gasteiger partial charge in [-0.05, 0) is 99.7 Å². The number of fused-ring (bicyclic) bond motifs is 1. The molecule has 1 aromatic carbocycles. The van der Waals surface area contributed by atoms with Gasteiger partial charge in [0.05, 0.1) is 31.8 Å². The Hall–Kier alpha value is -2.30. The third-order valence-corrected chi connectivity index (χ3v) is 8.30. The van der Waals surface area contributed by atoms with E-state index in [0.29, 0.717) is 30.5 Å². The number of allylic oxidation sites excluding steroid dienone is 1. The Morgan fingerprint density at radius 3 is 2.33 bits per heavy atom. The standard InChI is InChI=1S/C24H40N4O3.C7H7FO.CH4S/c1-28-16-22(30)27-15-21(29)25-12-4-6-17-5-2-3-7-20(17)31-14-13-26-23(18-8-9-18)24(28)19-10-11-19;1-5-2-3-7(9)6(8)4-5;1-2/h17-18,20,23,26H,2-16H2,1H3,(H,25,29)(H,27,30);2-4,9H,1H3;2H,1H3. The minimum absolute atomic E-state index is 0.0536. The zero-order chi connectivity index (χ0) is 30.5. The van der Waals surface area contributed by atoms with Gasteiger partial charge in [0, 0.05) is 25.8 Å². The van der Waals surface area contributed by atoms with Crippen molar-refractivity contribution in [3.8, 4) is 5.75 Å². The van der Waals surface area contributed by atoms with Crippen LogP contribution in [0.15, 0.2) is 29.5 Å². The van der Waals surface area contributed by atoms with Crippen LogP contribution in [0.1, 0.15) is 69.8 Å². The number of aromatic hydroxyl groups is 1. The van der Waals surface area contributed by atoms with Crippen LogP contribution in [0.5, 0.6) is 5.75 Å². The van der Waals surface area contributed by atoms with E-state index < -0.39 is 5.82 Å². The van der Waals surface area contributed by atoms with Gasteiger partial charge in [-0.1, -0.05) is 18.9 Å². The highest BCUT2D eigenvalue weighted by atomic mass is 32.1. The van der Waals surface area contributed by atoms with Crippen LogP contribution in [0.3, 0.4) is 0 Å². The first-order valence-corrected chi connectivity index (χ1v) is 16.4. The largest absolute Gasteiger partial charge is 0.505 e. The molecule has 0 radical (unpaired) electrons. The molecule has 1 aliphatic heterocycles. The lowest BCUT2D eigenvalue weighted by atomic mass is 9.83. The molecule has 0 spiro atoms. The maximum Gasteiger partial charge on any atom is 0.239 e. The lowest BCUT2D eigenvalue weighted by Gasteiger charge is -2.33. The van der Waals surface area contributed by atoms with Crippen molar-refractivity contribution in [2.45, 2.75) is 83.3 Å². The Morgan fingerprint density at radius 2 is 1.67 bits per heavy atom. The third-order valence-electron chi connectivity index (χ3n) is 8.30. The second kappa shape index (κ2) is 17.7. The summed E-state index contributed by atoms with van der Waals surface area (Å²) in [5.41, 5.74) is 3.59. The number of nitrogens with zero attached hydrogens (tertiary/aromatic N) is 1. The van der Waals surface area contributed by atoms with E-state index in [-0.39, 0.29) is 30.7 Å². The van der Waals surface area contributed by atoms with Gasteiger partial charge in [0.15, 0.2) is 11.6 Å². The van der Waals surface area contributed by atoms with E-state index in [9.17, 15) is 14.0 Å². The van der Waals surface area contributed by atoms with Gasteiger partial charge in [-0.2, -0.15) is 12.6 Å². The van der Waals surface area contributed by atoms with Gasteiger partial charge in [-0.3, -0.25) is 9.59 Å². The van der Waals surface area contributed by atoms with Gasteiger partial charge >= 0.3 is 0 Å². The smallest absolute Gasteiger partial charge is 0.239 e. The van der Waals surface area contributed by atoms with Gasteiger partial charge in [0.2, 0.25) is 11.8 Å². The molecule has 4 aliphatic rings. The Bertz CT molecular complexity index is 1050. The van der Waals surface area contributed by atoms with Gasteiger partial charge in [0.25, 0.3) is 0 Å². The molecular weight excluding hydrogens is 555 g/mol. The number of thiol groups is 1. The summed E-state index contributed by atoms with van der Waals surface area (Å²) in [5, 5.41) is 18.2. The lowest BCUT2D eigenvalue weighted by molar-refractivity contribution is -0.126. The molecule has 3 unspecified atom stereocenters. The number of carbonyl (C=O) groups excluding carboxylic acids is 2. The zero-order valence-corrected chi connectivity index (χ0v) is 26.5. The highest BCUT2D eigenvalue weighted by Gasteiger charge is 2.38. The molecule has 10 heteroatoms. The molecule has 1 saturated heterocycles. The van der Waals surface area contributed by atoms with Crippen molar-refractivity contribution in [2.75, 3.05) is 46.1 Å². The molecule has 5 rings (SSSR count). The Balaban J connectivity index is 0.000000373. The molecule has 4 N–H and O–H groups in total. The molecular formula is C32H51FN4O4S. The maximum absolute atomic E-state index is 12.5. The van der Waals surface area contributed by atoms with Crippen LogP contribution < -0.4 is 16.0 Å². The number of halogens is 1. The van der Waals surface area contributed by atoms with Crippen LogP contribution in [0.2, 0.25) is 0 Å². The second-order valence-corrected chi connectivity index (χ2v) is 11.8. The third kappa shape index (κ3) is 11.4. The van der Waals surface area contributed by atoms with Crippen LogP contribution in [0.4, 0.5) is 4.39 Å². The molecule has 0 bridgehead atoms. The van der Waals surface area contributed by atoms with Gasteiger partial charge < -0.3 is 30.7 Å². The second-order valence-electron chi connectivity index (χ2n) is 11.8. The van der Waals surface area contributed by atoms with Gasteiger partial charge in [-0.15, -0.1) is 0 Å². The number of ether oxygens (including phenoxy) is 1. The molecule has 3 atom stereocenters. The molecule has 2 amide bonds. The summed E-state index contributed by atoms with van der Waals surface area (Å²) in [7, 11) is 2.01. The number of rotatable bonds is 1. The van der Waals surface area contributed by atoms with Crippen molar-refractivity contribution in [3.63, 3.8) is 0 Å². The minimum Gasteiger partial charge on any atom is -0.505 e. The van der Waals surface area contributed by atoms with Crippen molar-refractivity contribution in [1.82, 2.24) is 20.9 Å². The number of phenols is 1. The molecule has 3 saturated carbocycles. The van der Waals surface area contributed by atoms with E-state index in [4.69, 9.17) is 9.84 Å². The number of carbonyl (C=O) groups is 2. The predicted molar refractivity (Wildman–Crippen MR) is 168 cm³/mol. The molecule has 0 aromatic heterocycles. The Kier molecular flexibility index (Phi) is 14.4. The summed E-state index contributed by atoms with van der Waals surface area (Å²) in [6, 6.07) is 4.58. The van der Waals surface area contributed by atoms with Crippen molar-refractivity contribution in [3.05, 3.63) is 40.8 Å². The number of hydrogen-bond acceptors (Lipinski definition) is 7. The van der Waals surface area contributed by atoms with E-state index in [0.717, 1.165) is 50.8 Å². The summed E-state index contributed by atoms with van der Waals surface area (Å²) >= 11 is 3.53. The number of hydrogen-bond donors (Lipinski definition) is 5. The lowest BCUT2D eigenvalue weighted by Crippen LogP contribution is -2.45. The summed E-state index contributed by atoms with van der Waals surface area (Å²) < 4.78 is 18.7. The van der Waals surface area contributed by atoms with Crippen LogP contribution >= 0.6 is 12.6 Å². The van der Waals surface area contributed by atoms with Crippen molar-refractivity contribution in [2.24, 2.45) is 11.8 Å². The normalized spacial score (nSPS) is 26.1. The molecule has 8 nitrogen and oxygen atoms in total. The average Bonchev–Trinajstić information content (AvgIpc) is 3.90. The molecule has 42 heavy (non-hydrogen) atoms. The molecule has 236 valence electrons. The van der Waals surface area contributed by atoms with E-state index >= 15 is 0 Å². The number of nitrogens with one attached hydrogen (secondary N) is 3. The fourth-order valence-electron chi connectivity index (χ4n) is 5.91. The molecule has 1 heterocycles. The molecule has 1 aromatic rings. The summed E-state index contributed by atoms with van der Waals surface area (Å²) in [5.74, 6) is 0.203. The first-order valence-electron chi connectivity index (χ1n) is 15.5. The van der Waals surface area contributed by atoms with Gasteiger partial charge in [0.1, 0.15) is 0 Å². The predicted octanol–water partition coefficient (Wildman–Crippen LogP) is 4.32. The van der Waals surface area contributed by atoms with Gasteiger partial charge in [-0.25, -0.2) is 4.39 Å². The zero-order valence-electron chi connectivity index (χ0n) is 25.6. The number of phenolic OH excluding ortho intramolecular Hbond substituents is 1. The fraction of sp³-hybridized carbons (Fsp3) is 0.688. The highest BCUT2D eigenvalue weighted by Crippen LogP contribution is 2.42. The number of aryl methyl sites for hydroxylation is 1. The van der Waals surface area contributed by atoms with Crippen LogP contribution in [-0.4, -0.2) is 80.1 Å². The van der Waals surface area contributed by atoms with E-state index in [1.807, 2.05) is 7.05 Å². The minimum atomic E-state index is -0.560. The number of amides is 2. The van der Waals surface area contributed by atoms with E-state index in [1.54, 1.807) is 19.2 Å². The monoisotopic (exact) mass is 606 g/mol. The average molecular weight is 607 g/mol. The quantitative estimate of drug-likeness (QED) is 0.305. The first kappa shape index (κ1) is 34.2. The first-order chi connectivity index (χ1) is 20.3. The van der Waals surface area contributed by atoms with Crippen molar-refractivity contribution in [1.29, 1.82) is 0 Å². The molecule has 4 fully saturated rings. The fourth-order valence-corrected chi connectivity index (χ4v) is 5.91. The molecule has 3 aliphatic carbocycles. The topological polar surface area (TPSA) is 103 Å².